The highest BCUT2D eigenvalue weighted by Crippen LogP contribution is 2.26. The summed E-state index contributed by atoms with van der Waals surface area (Å²) in [6.45, 7) is 0. The van der Waals surface area contributed by atoms with Gasteiger partial charge in [-0.15, -0.1) is 0 Å². The molecule has 0 unspecified atom stereocenters. The summed E-state index contributed by atoms with van der Waals surface area (Å²) in [4.78, 5) is 9.41. The maximum Gasteiger partial charge on any atom is 0.135 e. The second-order valence-electron chi connectivity index (χ2n) is 5.14. The average Bonchev–Trinajstić information content (AvgIpc) is 2.49. The smallest absolute Gasteiger partial charge is 0.135 e. The van der Waals surface area contributed by atoms with Crippen LogP contribution in [0.25, 0.3) is 0 Å². The third kappa shape index (κ3) is 2.63. The zero-order valence-electron chi connectivity index (χ0n) is 11.6. The maximum absolute atomic E-state index is 6.22. The fourth-order valence-corrected chi connectivity index (χ4v) is 2.95. The van der Waals surface area contributed by atoms with Crippen molar-refractivity contribution >= 4 is 17.4 Å². The van der Waals surface area contributed by atoms with Gasteiger partial charge < -0.3 is 5.32 Å². The summed E-state index contributed by atoms with van der Waals surface area (Å²) < 4.78 is 0. The van der Waals surface area contributed by atoms with Gasteiger partial charge in [-0.2, -0.15) is 0 Å². The first kappa shape index (κ1) is 13.4. The van der Waals surface area contributed by atoms with E-state index >= 15 is 0 Å². The lowest BCUT2D eigenvalue weighted by Crippen LogP contribution is -2.13. The first-order chi connectivity index (χ1) is 9.78. The molecule has 1 aliphatic carbocycles. The number of nitrogens with one attached hydrogen (secondary N) is 1. The Morgan fingerprint density at radius 2 is 1.95 bits per heavy atom. The molecule has 3 nitrogen and oxygen atoms in total. The van der Waals surface area contributed by atoms with E-state index in [1.807, 2.05) is 31.3 Å². The maximum atomic E-state index is 6.22. The molecular weight excluding hydrogens is 270 g/mol. The minimum atomic E-state index is 0.682. The fourth-order valence-electron chi connectivity index (χ4n) is 2.74. The van der Waals surface area contributed by atoms with E-state index in [0.717, 1.165) is 35.1 Å². The zero-order valence-corrected chi connectivity index (χ0v) is 12.4. The highest BCUT2D eigenvalue weighted by atomic mass is 35.5. The van der Waals surface area contributed by atoms with Gasteiger partial charge in [0.25, 0.3) is 0 Å². The number of aromatic nitrogens is 2. The van der Waals surface area contributed by atoms with Gasteiger partial charge in [-0.1, -0.05) is 29.8 Å². The molecule has 0 fully saturated rings. The molecule has 104 valence electrons. The third-order valence-electron chi connectivity index (χ3n) is 3.77. The van der Waals surface area contributed by atoms with Crippen LogP contribution in [0.4, 0.5) is 5.82 Å². The summed E-state index contributed by atoms with van der Waals surface area (Å²) in [6, 6.07) is 7.88. The molecule has 0 aliphatic heterocycles. The van der Waals surface area contributed by atoms with Gasteiger partial charge in [0.15, 0.2) is 0 Å². The molecule has 3 rings (SSSR count). The fraction of sp³-hybridized carbons (Fsp3) is 0.375. The number of fused-ring (bicyclic) bond motifs is 1. The van der Waals surface area contributed by atoms with E-state index in [0.29, 0.717) is 6.42 Å². The lowest BCUT2D eigenvalue weighted by atomic mass is 9.96. The molecule has 0 amide bonds. The summed E-state index contributed by atoms with van der Waals surface area (Å²) in [5.41, 5.74) is 3.58. The number of anilines is 1. The molecule has 1 aromatic heterocycles. The Kier molecular flexibility index (Phi) is 3.88. The van der Waals surface area contributed by atoms with Crippen LogP contribution >= 0.6 is 11.6 Å². The number of hydrogen-bond donors (Lipinski definition) is 1. The van der Waals surface area contributed by atoms with E-state index < -0.39 is 0 Å². The van der Waals surface area contributed by atoms with Crippen LogP contribution in [-0.4, -0.2) is 17.0 Å². The van der Waals surface area contributed by atoms with Crippen molar-refractivity contribution in [1.29, 1.82) is 0 Å². The summed E-state index contributed by atoms with van der Waals surface area (Å²) in [5.74, 6) is 1.83. The molecule has 0 spiro atoms. The molecule has 0 radical (unpaired) electrons. The SMILES string of the molecule is CNc1nc(Cc2ccccc2Cl)nc2c1CCCC2. The predicted octanol–water partition coefficient (Wildman–Crippen LogP) is 3.64. The van der Waals surface area contributed by atoms with E-state index in [4.69, 9.17) is 16.6 Å². The van der Waals surface area contributed by atoms with Crippen molar-refractivity contribution in [3.05, 3.63) is 51.9 Å². The Labute approximate surface area is 124 Å². The van der Waals surface area contributed by atoms with Crippen LogP contribution in [0.2, 0.25) is 5.02 Å². The van der Waals surface area contributed by atoms with Gasteiger partial charge in [-0.05, 0) is 37.3 Å². The number of hydrogen-bond acceptors (Lipinski definition) is 3. The van der Waals surface area contributed by atoms with Crippen LogP contribution in [0.15, 0.2) is 24.3 Å². The number of nitrogens with zero attached hydrogens (tertiary/aromatic N) is 2. The Hall–Kier alpha value is -1.61. The van der Waals surface area contributed by atoms with E-state index in [2.05, 4.69) is 10.3 Å². The lowest BCUT2D eigenvalue weighted by molar-refractivity contribution is 0.657. The highest BCUT2D eigenvalue weighted by molar-refractivity contribution is 6.31. The van der Waals surface area contributed by atoms with Crippen molar-refractivity contribution in [2.75, 3.05) is 12.4 Å². The standard InChI is InChI=1S/C16H18ClN3/c1-18-16-12-7-3-5-9-14(12)19-15(20-16)10-11-6-2-4-8-13(11)17/h2,4,6,8H,3,5,7,9-10H2,1H3,(H,18,19,20). The van der Waals surface area contributed by atoms with Crippen LogP contribution in [0.3, 0.4) is 0 Å². The van der Waals surface area contributed by atoms with Gasteiger partial charge in [0, 0.05) is 29.7 Å². The van der Waals surface area contributed by atoms with Gasteiger partial charge >= 0.3 is 0 Å². The van der Waals surface area contributed by atoms with Gasteiger partial charge in [-0.3, -0.25) is 0 Å². The summed E-state index contributed by atoms with van der Waals surface area (Å²) >= 11 is 6.22. The zero-order chi connectivity index (χ0) is 13.9. The second kappa shape index (κ2) is 5.80. The Morgan fingerprint density at radius 1 is 1.15 bits per heavy atom. The molecule has 1 aliphatic rings. The lowest BCUT2D eigenvalue weighted by Gasteiger charge is -2.19. The third-order valence-corrected chi connectivity index (χ3v) is 4.14. The summed E-state index contributed by atoms with van der Waals surface area (Å²) in [6.07, 6.45) is 5.27. The van der Waals surface area contributed by atoms with E-state index in [1.54, 1.807) is 0 Å². The molecule has 2 aromatic rings. The second-order valence-corrected chi connectivity index (χ2v) is 5.55. The first-order valence-corrected chi connectivity index (χ1v) is 7.45. The Balaban J connectivity index is 1.96. The minimum absolute atomic E-state index is 0.682. The first-order valence-electron chi connectivity index (χ1n) is 7.07. The molecule has 1 aromatic carbocycles. The molecule has 0 saturated heterocycles. The largest absolute Gasteiger partial charge is 0.373 e. The van der Waals surface area contributed by atoms with E-state index in [-0.39, 0.29) is 0 Å². The molecule has 0 bridgehead atoms. The van der Waals surface area contributed by atoms with Crippen molar-refractivity contribution in [1.82, 2.24) is 9.97 Å². The van der Waals surface area contributed by atoms with Crippen LogP contribution in [0.1, 0.15) is 35.5 Å². The normalized spacial score (nSPS) is 13.9. The van der Waals surface area contributed by atoms with Crippen LogP contribution < -0.4 is 5.32 Å². The predicted molar refractivity (Wildman–Crippen MR) is 82.5 cm³/mol. The average molecular weight is 288 g/mol. The van der Waals surface area contributed by atoms with Crippen LogP contribution in [0, 0.1) is 0 Å². The monoisotopic (exact) mass is 287 g/mol. The minimum Gasteiger partial charge on any atom is -0.373 e. The van der Waals surface area contributed by atoms with Crippen LogP contribution in [-0.2, 0) is 19.3 Å². The van der Waals surface area contributed by atoms with Gasteiger partial charge in [0.1, 0.15) is 11.6 Å². The van der Waals surface area contributed by atoms with E-state index in [1.165, 1.54) is 24.1 Å². The van der Waals surface area contributed by atoms with Crippen molar-refractivity contribution in [2.45, 2.75) is 32.1 Å². The van der Waals surface area contributed by atoms with E-state index in [9.17, 15) is 0 Å². The number of benzene rings is 1. The molecular formula is C16H18ClN3. The quantitative estimate of drug-likeness (QED) is 0.936. The molecule has 4 heteroatoms. The highest BCUT2D eigenvalue weighted by Gasteiger charge is 2.17. The summed E-state index contributed by atoms with van der Waals surface area (Å²) in [7, 11) is 1.93. The van der Waals surface area contributed by atoms with Gasteiger partial charge in [0.05, 0.1) is 0 Å². The Morgan fingerprint density at radius 3 is 2.75 bits per heavy atom. The molecule has 0 saturated carbocycles. The van der Waals surface area contributed by atoms with Gasteiger partial charge in [0.2, 0.25) is 0 Å². The van der Waals surface area contributed by atoms with Crippen molar-refractivity contribution in [2.24, 2.45) is 0 Å². The Bertz CT molecular complexity index is 608. The van der Waals surface area contributed by atoms with Crippen molar-refractivity contribution in [3.63, 3.8) is 0 Å². The van der Waals surface area contributed by atoms with Crippen LogP contribution in [0.5, 0.6) is 0 Å². The molecule has 0 atom stereocenters. The van der Waals surface area contributed by atoms with Crippen molar-refractivity contribution < 1.29 is 0 Å². The number of halogens is 1. The van der Waals surface area contributed by atoms with Gasteiger partial charge in [-0.25, -0.2) is 9.97 Å². The topological polar surface area (TPSA) is 37.8 Å². The molecule has 1 heterocycles. The van der Waals surface area contributed by atoms with Crippen molar-refractivity contribution in [3.8, 4) is 0 Å². The number of aryl methyl sites for hydroxylation is 1. The molecule has 20 heavy (non-hydrogen) atoms. The molecule has 1 N–H and O–H groups in total. The summed E-state index contributed by atoms with van der Waals surface area (Å²) in [5, 5.41) is 3.99. The number of rotatable bonds is 3.